The van der Waals surface area contributed by atoms with Gasteiger partial charge in [-0.15, -0.1) is 0 Å². The van der Waals surface area contributed by atoms with Crippen molar-refractivity contribution < 1.29 is 9.53 Å². The Balaban J connectivity index is 2.31. The molecule has 20 heavy (non-hydrogen) atoms. The van der Waals surface area contributed by atoms with E-state index in [0.29, 0.717) is 0 Å². The second kappa shape index (κ2) is 6.53. The molecule has 0 spiro atoms. The first-order valence-corrected chi connectivity index (χ1v) is 6.42. The lowest BCUT2D eigenvalue weighted by Gasteiger charge is -2.19. The van der Waals surface area contributed by atoms with Gasteiger partial charge in [-0.2, -0.15) is 5.26 Å². The van der Waals surface area contributed by atoms with Gasteiger partial charge in [-0.05, 0) is 18.1 Å². The highest BCUT2D eigenvalue weighted by molar-refractivity contribution is 5.75. The average Bonchev–Trinajstić information content (AvgIpc) is 2.53. The molecule has 3 nitrogen and oxygen atoms in total. The van der Waals surface area contributed by atoms with Gasteiger partial charge in [0.15, 0.2) is 6.10 Å². The molecule has 0 aromatic heterocycles. The molecule has 2 aromatic carbocycles. The number of hydrogen-bond acceptors (Lipinski definition) is 3. The first-order valence-electron chi connectivity index (χ1n) is 6.42. The Kier molecular flexibility index (Phi) is 4.52. The van der Waals surface area contributed by atoms with Crippen LogP contribution in [0.2, 0.25) is 0 Å². The standard InChI is InChI=1S/C17H15NO2/c1-13(12-18)17(19)20-16(14-8-4-2-5-9-14)15-10-6-3-7-11-15/h2-11,13,16H,1H3. The van der Waals surface area contributed by atoms with Crippen molar-refractivity contribution in [3.05, 3.63) is 71.8 Å². The van der Waals surface area contributed by atoms with E-state index in [1.807, 2.05) is 66.7 Å². The van der Waals surface area contributed by atoms with Gasteiger partial charge < -0.3 is 4.74 Å². The number of nitrogens with zero attached hydrogens (tertiary/aromatic N) is 1. The highest BCUT2D eigenvalue weighted by Gasteiger charge is 2.22. The number of carbonyl (C=O) groups excluding carboxylic acids is 1. The minimum absolute atomic E-state index is 0.485. The van der Waals surface area contributed by atoms with E-state index in [1.165, 1.54) is 6.92 Å². The molecule has 2 aromatic rings. The van der Waals surface area contributed by atoms with Crippen LogP contribution in [0.1, 0.15) is 24.2 Å². The normalized spacial score (nSPS) is 11.7. The van der Waals surface area contributed by atoms with E-state index in [4.69, 9.17) is 10.00 Å². The predicted octanol–water partition coefficient (Wildman–Crippen LogP) is 3.48. The number of esters is 1. The second-order valence-electron chi connectivity index (χ2n) is 4.49. The van der Waals surface area contributed by atoms with E-state index in [-0.39, 0.29) is 0 Å². The molecule has 2 rings (SSSR count). The smallest absolute Gasteiger partial charge is 0.323 e. The maximum Gasteiger partial charge on any atom is 0.323 e. The Morgan fingerprint density at radius 1 is 1.00 bits per heavy atom. The van der Waals surface area contributed by atoms with Crippen molar-refractivity contribution in [3.63, 3.8) is 0 Å². The van der Waals surface area contributed by atoms with Gasteiger partial charge >= 0.3 is 5.97 Å². The Morgan fingerprint density at radius 3 is 1.85 bits per heavy atom. The summed E-state index contributed by atoms with van der Waals surface area (Å²) in [6.07, 6.45) is -0.485. The van der Waals surface area contributed by atoms with Crippen LogP contribution in [0.3, 0.4) is 0 Å². The third-order valence-electron chi connectivity index (χ3n) is 2.99. The first kappa shape index (κ1) is 13.8. The Bertz CT molecular complexity index is 562. The van der Waals surface area contributed by atoms with Gasteiger partial charge in [0.2, 0.25) is 0 Å². The predicted molar refractivity (Wildman–Crippen MR) is 75.6 cm³/mol. The number of nitriles is 1. The second-order valence-corrected chi connectivity index (χ2v) is 4.49. The molecule has 0 bridgehead atoms. The molecule has 0 heterocycles. The number of ether oxygens (including phenoxy) is 1. The molecule has 0 amide bonds. The van der Waals surface area contributed by atoms with Crippen LogP contribution in [0.15, 0.2) is 60.7 Å². The molecular formula is C17H15NO2. The molecule has 0 saturated carbocycles. The topological polar surface area (TPSA) is 50.1 Å². The van der Waals surface area contributed by atoms with Crippen molar-refractivity contribution in [1.29, 1.82) is 5.26 Å². The largest absolute Gasteiger partial charge is 0.452 e. The maximum atomic E-state index is 11.9. The highest BCUT2D eigenvalue weighted by atomic mass is 16.5. The maximum absolute atomic E-state index is 11.9. The summed E-state index contributed by atoms with van der Waals surface area (Å²) < 4.78 is 5.51. The fraction of sp³-hybridized carbons (Fsp3) is 0.176. The number of hydrogen-bond donors (Lipinski definition) is 0. The summed E-state index contributed by atoms with van der Waals surface area (Å²) in [5.41, 5.74) is 1.77. The van der Waals surface area contributed by atoms with E-state index in [2.05, 4.69) is 0 Å². The van der Waals surface area contributed by atoms with Gasteiger partial charge in [0, 0.05) is 0 Å². The summed E-state index contributed by atoms with van der Waals surface area (Å²) >= 11 is 0. The summed E-state index contributed by atoms with van der Waals surface area (Å²) in [7, 11) is 0. The molecule has 0 aliphatic rings. The van der Waals surface area contributed by atoms with Gasteiger partial charge in [0.05, 0.1) is 6.07 Å². The van der Waals surface area contributed by atoms with Crippen molar-refractivity contribution in [2.75, 3.05) is 0 Å². The number of carbonyl (C=O) groups is 1. The van der Waals surface area contributed by atoms with Crippen molar-refractivity contribution in [2.45, 2.75) is 13.0 Å². The zero-order chi connectivity index (χ0) is 14.4. The molecule has 0 aliphatic carbocycles. The van der Waals surface area contributed by atoms with Gasteiger partial charge in [0.25, 0.3) is 0 Å². The third-order valence-corrected chi connectivity index (χ3v) is 2.99. The highest BCUT2D eigenvalue weighted by Crippen LogP contribution is 2.26. The van der Waals surface area contributed by atoms with Crippen molar-refractivity contribution in [1.82, 2.24) is 0 Å². The summed E-state index contributed by atoms with van der Waals surface area (Å²) in [4.78, 5) is 11.9. The van der Waals surface area contributed by atoms with Crippen LogP contribution in [0.4, 0.5) is 0 Å². The zero-order valence-electron chi connectivity index (χ0n) is 11.2. The minimum atomic E-state index is -0.773. The third kappa shape index (κ3) is 3.24. The average molecular weight is 265 g/mol. The minimum Gasteiger partial charge on any atom is -0.452 e. The van der Waals surface area contributed by atoms with Crippen LogP contribution in [-0.2, 0) is 9.53 Å². The SMILES string of the molecule is CC(C#N)C(=O)OC(c1ccccc1)c1ccccc1. The Hall–Kier alpha value is -2.60. The van der Waals surface area contributed by atoms with Crippen LogP contribution >= 0.6 is 0 Å². The van der Waals surface area contributed by atoms with Crippen molar-refractivity contribution >= 4 is 5.97 Å². The fourth-order valence-electron chi connectivity index (χ4n) is 1.86. The monoisotopic (exact) mass is 265 g/mol. The van der Waals surface area contributed by atoms with Crippen molar-refractivity contribution in [3.8, 4) is 6.07 Å². The molecule has 0 radical (unpaired) electrons. The van der Waals surface area contributed by atoms with Crippen LogP contribution in [0.25, 0.3) is 0 Å². The number of benzene rings is 2. The van der Waals surface area contributed by atoms with Gasteiger partial charge in [0.1, 0.15) is 5.92 Å². The molecule has 0 fully saturated rings. The molecular weight excluding hydrogens is 250 g/mol. The summed E-state index contributed by atoms with van der Waals surface area (Å²) in [5.74, 6) is -1.28. The van der Waals surface area contributed by atoms with E-state index < -0.39 is 18.0 Å². The number of rotatable bonds is 4. The van der Waals surface area contributed by atoms with Gasteiger partial charge in [-0.1, -0.05) is 60.7 Å². The van der Waals surface area contributed by atoms with E-state index in [9.17, 15) is 4.79 Å². The Labute approximate surface area is 118 Å². The van der Waals surface area contributed by atoms with Gasteiger partial charge in [-0.3, -0.25) is 4.79 Å². The molecule has 3 heteroatoms. The molecule has 0 saturated heterocycles. The molecule has 100 valence electrons. The summed E-state index contributed by atoms with van der Waals surface area (Å²) in [6, 6.07) is 20.9. The van der Waals surface area contributed by atoms with E-state index in [0.717, 1.165) is 11.1 Å². The molecule has 0 aliphatic heterocycles. The lowest BCUT2D eigenvalue weighted by atomic mass is 10.0. The van der Waals surface area contributed by atoms with Crippen LogP contribution in [-0.4, -0.2) is 5.97 Å². The quantitative estimate of drug-likeness (QED) is 0.795. The fourth-order valence-corrected chi connectivity index (χ4v) is 1.86. The van der Waals surface area contributed by atoms with Crippen LogP contribution in [0.5, 0.6) is 0 Å². The molecule has 1 atom stereocenters. The van der Waals surface area contributed by atoms with Crippen LogP contribution in [0, 0.1) is 17.2 Å². The summed E-state index contributed by atoms with van der Waals surface area (Å²) in [5, 5.41) is 8.81. The lowest BCUT2D eigenvalue weighted by molar-refractivity contribution is -0.150. The first-order chi connectivity index (χ1) is 9.72. The Morgan fingerprint density at radius 2 is 1.45 bits per heavy atom. The van der Waals surface area contributed by atoms with E-state index in [1.54, 1.807) is 0 Å². The van der Waals surface area contributed by atoms with Crippen LogP contribution < -0.4 is 0 Å². The van der Waals surface area contributed by atoms with E-state index >= 15 is 0 Å². The summed E-state index contributed by atoms with van der Waals surface area (Å²) in [6.45, 7) is 1.54. The zero-order valence-corrected chi connectivity index (χ0v) is 11.2. The van der Waals surface area contributed by atoms with Crippen molar-refractivity contribution in [2.24, 2.45) is 5.92 Å². The molecule has 1 unspecified atom stereocenters. The molecule has 0 N–H and O–H groups in total. The van der Waals surface area contributed by atoms with Gasteiger partial charge in [-0.25, -0.2) is 0 Å². The lowest BCUT2D eigenvalue weighted by Crippen LogP contribution is -2.18.